The quantitative estimate of drug-likeness (QED) is 0.717. The maximum absolute atomic E-state index is 12.3. The minimum absolute atomic E-state index is 0.0368. The van der Waals surface area contributed by atoms with Crippen LogP contribution in [0.1, 0.15) is 19.8 Å². The van der Waals surface area contributed by atoms with Crippen LogP contribution in [0.5, 0.6) is 0 Å². The first-order valence-corrected chi connectivity index (χ1v) is 6.94. The molecule has 0 saturated carbocycles. The van der Waals surface area contributed by atoms with Gasteiger partial charge in [-0.3, -0.25) is 10.1 Å². The first-order valence-electron chi connectivity index (χ1n) is 5.89. The van der Waals surface area contributed by atoms with Gasteiger partial charge in [0, 0.05) is 12.3 Å². The van der Waals surface area contributed by atoms with Gasteiger partial charge in [-0.25, -0.2) is 4.79 Å². The molecule has 2 heterocycles. The topological polar surface area (TPSA) is 58.6 Å². The summed E-state index contributed by atoms with van der Waals surface area (Å²) in [6.45, 7) is 2.70. The Kier molecular flexibility index (Phi) is 3.93. The Bertz CT molecular complexity index is 324. The van der Waals surface area contributed by atoms with Crippen LogP contribution in [0.2, 0.25) is 0 Å². The van der Waals surface area contributed by atoms with Gasteiger partial charge in [0.15, 0.2) is 0 Å². The van der Waals surface area contributed by atoms with Crippen molar-refractivity contribution < 1.29 is 14.3 Å². The molecule has 0 aliphatic carbocycles. The van der Waals surface area contributed by atoms with Gasteiger partial charge in [-0.1, -0.05) is 0 Å². The molecule has 0 aromatic carbocycles. The Morgan fingerprint density at radius 3 is 2.82 bits per heavy atom. The zero-order valence-electron chi connectivity index (χ0n) is 10.1. The number of methoxy groups -OCH3 is 1. The van der Waals surface area contributed by atoms with Crippen molar-refractivity contribution in [2.24, 2.45) is 0 Å². The van der Waals surface area contributed by atoms with Crippen LogP contribution >= 0.6 is 11.8 Å². The SMILES string of the molecule is COC(=O)[C@@H]1CCCN1C(=O)C1CSC(C)N1. The van der Waals surface area contributed by atoms with Gasteiger partial charge in [0.25, 0.3) is 0 Å². The van der Waals surface area contributed by atoms with Crippen LogP contribution in [0.3, 0.4) is 0 Å². The number of nitrogens with one attached hydrogen (secondary N) is 1. The Morgan fingerprint density at radius 2 is 2.24 bits per heavy atom. The molecule has 1 amide bonds. The number of carbonyl (C=O) groups excluding carboxylic acids is 2. The molecule has 1 N–H and O–H groups in total. The molecule has 2 fully saturated rings. The second kappa shape index (κ2) is 5.27. The largest absolute Gasteiger partial charge is 0.467 e. The second-order valence-corrected chi connectivity index (χ2v) is 5.78. The molecule has 3 atom stereocenters. The molecular formula is C11H18N2O3S. The summed E-state index contributed by atoms with van der Waals surface area (Å²) >= 11 is 1.73. The van der Waals surface area contributed by atoms with Crippen LogP contribution in [-0.4, -0.2) is 53.6 Å². The Morgan fingerprint density at radius 1 is 1.47 bits per heavy atom. The molecule has 0 aromatic heterocycles. The molecule has 0 radical (unpaired) electrons. The lowest BCUT2D eigenvalue weighted by atomic mass is 10.2. The standard InChI is InChI=1S/C11H18N2O3S/c1-7-12-8(6-17-7)10(14)13-5-3-4-9(13)11(15)16-2/h7-9,12H,3-6H2,1-2H3/t7?,8?,9-/m0/s1. The lowest BCUT2D eigenvalue weighted by Gasteiger charge is -2.25. The lowest BCUT2D eigenvalue weighted by molar-refractivity contribution is -0.151. The summed E-state index contributed by atoms with van der Waals surface area (Å²) in [6.07, 6.45) is 1.59. The molecular weight excluding hydrogens is 240 g/mol. The molecule has 17 heavy (non-hydrogen) atoms. The predicted molar refractivity (Wildman–Crippen MR) is 65.6 cm³/mol. The van der Waals surface area contributed by atoms with Gasteiger partial charge in [-0.05, 0) is 19.8 Å². The summed E-state index contributed by atoms with van der Waals surface area (Å²) in [5.74, 6) is 0.522. The van der Waals surface area contributed by atoms with Crippen molar-refractivity contribution in [2.75, 3.05) is 19.4 Å². The van der Waals surface area contributed by atoms with Gasteiger partial charge in [-0.15, -0.1) is 11.8 Å². The van der Waals surface area contributed by atoms with Crippen molar-refractivity contribution in [2.45, 2.75) is 37.2 Å². The number of likely N-dealkylation sites (tertiary alicyclic amines) is 1. The van der Waals surface area contributed by atoms with Crippen molar-refractivity contribution in [3.63, 3.8) is 0 Å². The molecule has 2 rings (SSSR count). The zero-order chi connectivity index (χ0) is 12.4. The number of esters is 1. The smallest absolute Gasteiger partial charge is 0.328 e. The van der Waals surface area contributed by atoms with Gasteiger partial charge in [0.2, 0.25) is 5.91 Å². The summed E-state index contributed by atoms with van der Waals surface area (Å²) in [5.41, 5.74) is 0. The third-order valence-corrected chi connectivity index (χ3v) is 4.42. The molecule has 0 aromatic rings. The van der Waals surface area contributed by atoms with Gasteiger partial charge in [0.1, 0.15) is 6.04 Å². The van der Waals surface area contributed by atoms with Crippen LogP contribution in [0.25, 0.3) is 0 Å². The molecule has 0 spiro atoms. The third kappa shape index (κ3) is 2.57. The van der Waals surface area contributed by atoms with Crippen LogP contribution in [0, 0.1) is 0 Å². The van der Waals surface area contributed by atoms with E-state index < -0.39 is 0 Å². The Hall–Kier alpha value is -0.750. The normalized spacial score (nSPS) is 32.8. The van der Waals surface area contributed by atoms with Crippen LogP contribution in [0.15, 0.2) is 0 Å². The first kappa shape index (κ1) is 12.7. The second-order valence-electron chi connectivity index (χ2n) is 4.41. The fraction of sp³-hybridized carbons (Fsp3) is 0.818. The van der Waals surface area contributed by atoms with E-state index in [1.165, 1.54) is 7.11 Å². The number of nitrogens with zero attached hydrogens (tertiary/aromatic N) is 1. The molecule has 6 heteroatoms. The maximum atomic E-state index is 12.3. The molecule has 2 saturated heterocycles. The van der Waals surface area contributed by atoms with E-state index in [1.54, 1.807) is 16.7 Å². The Balaban J connectivity index is 2.01. The van der Waals surface area contributed by atoms with E-state index in [-0.39, 0.29) is 24.0 Å². The summed E-state index contributed by atoms with van der Waals surface area (Å²) < 4.78 is 4.74. The molecule has 0 bridgehead atoms. The number of carbonyl (C=O) groups is 2. The number of thioether (sulfide) groups is 1. The zero-order valence-corrected chi connectivity index (χ0v) is 11.0. The van der Waals surface area contributed by atoms with Crippen molar-refractivity contribution in [1.29, 1.82) is 0 Å². The summed E-state index contributed by atoms with van der Waals surface area (Å²) in [7, 11) is 1.37. The predicted octanol–water partition coefficient (Wildman–Crippen LogP) is 0.201. The van der Waals surface area contributed by atoms with Crippen molar-refractivity contribution in [1.82, 2.24) is 10.2 Å². The highest BCUT2D eigenvalue weighted by molar-refractivity contribution is 8.00. The van der Waals surface area contributed by atoms with Crippen molar-refractivity contribution in [3.8, 4) is 0 Å². The fourth-order valence-electron chi connectivity index (χ4n) is 2.37. The molecule has 2 aliphatic heterocycles. The van der Waals surface area contributed by atoms with Crippen molar-refractivity contribution in [3.05, 3.63) is 0 Å². The summed E-state index contributed by atoms with van der Waals surface area (Å²) in [6, 6.07) is -0.532. The highest BCUT2D eigenvalue weighted by Crippen LogP contribution is 2.24. The summed E-state index contributed by atoms with van der Waals surface area (Å²) in [5, 5.41) is 3.54. The van der Waals surface area contributed by atoms with Crippen LogP contribution < -0.4 is 5.32 Å². The van der Waals surface area contributed by atoms with E-state index >= 15 is 0 Å². The van der Waals surface area contributed by atoms with E-state index in [1.807, 2.05) is 6.92 Å². The number of rotatable bonds is 2. The van der Waals surface area contributed by atoms with E-state index in [2.05, 4.69) is 5.32 Å². The lowest BCUT2D eigenvalue weighted by Crippen LogP contribution is -2.50. The highest BCUT2D eigenvalue weighted by Gasteiger charge is 2.39. The minimum Gasteiger partial charge on any atom is -0.467 e. The van der Waals surface area contributed by atoms with Gasteiger partial charge >= 0.3 is 5.97 Å². The monoisotopic (exact) mass is 258 g/mol. The van der Waals surface area contributed by atoms with Gasteiger partial charge in [-0.2, -0.15) is 0 Å². The third-order valence-electron chi connectivity index (χ3n) is 3.26. The van der Waals surface area contributed by atoms with E-state index in [0.29, 0.717) is 18.3 Å². The average Bonchev–Trinajstić information content (AvgIpc) is 2.95. The first-order chi connectivity index (χ1) is 8.13. The number of hydrogen-bond donors (Lipinski definition) is 1. The van der Waals surface area contributed by atoms with E-state index in [4.69, 9.17) is 4.74 Å². The van der Waals surface area contributed by atoms with Crippen LogP contribution in [-0.2, 0) is 14.3 Å². The average molecular weight is 258 g/mol. The minimum atomic E-state index is -0.379. The maximum Gasteiger partial charge on any atom is 0.328 e. The molecule has 2 aliphatic rings. The van der Waals surface area contributed by atoms with Gasteiger partial charge < -0.3 is 9.64 Å². The number of ether oxygens (including phenoxy) is 1. The fourth-order valence-corrected chi connectivity index (χ4v) is 3.35. The molecule has 96 valence electrons. The Labute approximate surface area is 105 Å². The molecule has 2 unspecified atom stereocenters. The summed E-state index contributed by atoms with van der Waals surface area (Å²) in [4.78, 5) is 25.5. The number of amides is 1. The molecule has 5 nitrogen and oxygen atoms in total. The van der Waals surface area contributed by atoms with Gasteiger partial charge in [0.05, 0.1) is 18.5 Å². The van der Waals surface area contributed by atoms with E-state index in [0.717, 1.165) is 12.2 Å². The number of hydrogen-bond acceptors (Lipinski definition) is 5. The van der Waals surface area contributed by atoms with Crippen molar-refractivity contribution >= 4 is 23.6 Å². The highest BCUT2D eigenvalue weighted by atomic mass is 32.2. The van der Waals surface area contributed by atoms with E-state index in [9.17, 15) is 9.59 Å². The van der Waals surface area contributed by atoms with Crippen LogP contribution in [0.4, 0.5) is 0 Å².